The van der Waals surface area contributed by atoms with Crippen LogP contribution in [0.3, 0.4) is 0 Å². The van der Waals surface area contributed by atoms with E-state index in [1.807, 2.05) is 71.0 Å². The van der Waals surface area contributed by atoms with Crippen LogP contribution in [0.2, 0.25) is 0 Å². The zero-order valence-corrected chi connectivity index (χ0v) is 19.0. The van der Waals surface area contributed by atoms with Gasteiger partial charge in [-0.05, 0) is 69.9 Å². The molecule has 2 aromatic carbocycles. The van der Waals surface area contributed by atoms with E-state index >= 15 is 0 Å². The van der Waals surface area contributed by atoms with Gasteiger partial charge in [-0.3, -0.25) is 9.59 Å². The first kappa shape index (κ1) is 23.5. The highest BCUT2D eigenvalue weighted by molar-refractivity contribution is 5.88. The van der Waals surface area contributed by atoms with Crippen LogP contribution in [0.25, 0.3) is 0 Å². The lowest BCUT2D eigenvalue weighted by Crippen LogP contribution is -2.50. The van der Waals surface area contributed by atoms with Gasteiger partial charge in [0.05, 0.1) is 0 Å². The number of benzene rings is 2. The lowest BCUT2D eigenvalue weighted by atomic mass is 10.1. The third kappa shape index (κ3) is 6.90. The number of hydrogen-bond donors (Lipinski definition) is 1. The summed E-state index contributed by atoms with van der Waals surface area (Å²) in [6.45, 7) is 12.0. The van der Waals surface area contributed by atoms with Crippen molar-refractivity contribution in [2.24, 2.45) is 0 Å². The van der Waals surface area contributed by atoms with Gasteiger partial charge in [0, 0.05) is 12.6 Å². The highest BCUT2D eigenvalue weighted by Crippen LogP contribution is 2.17. The smallest absolute Gasteiger partial charge is 0.261 e. The molecule has 0 aromatic heterocycles. The lowest BCUT2D eigenvalue weighted by Gasteiger charge is -2.29. The molecule has 0 aliphatic heterocycles. The molecule has 5 heteroatoms. The van der Waals surface area contributed by atoms with E-state index in [0.29, 0.717) is 12.3 Å². The van der Waals surface area contributed by atoms with Crippen LogP contribution in [0.15, 0.2) is 42.5 Å². The Kier molecular flexibility index (Phi) is 8.46. The minimum atomic E-state index is -0.602. The standard InChI is InChI=1S/C25H34N2O3/c1-7-20(5)26-25(29)21(6)27(15-22-10-8-9-17(2)12-22)24(28)16-30-23-13-18(3)11-19(4)14-23/h8-14,20-21H,7,15-16H2,1-6H3,(H,26,29)/t20-,21+/m1/s1. The Labute approximate surface area is 180 Å². The molecule has 2 amide bonds. The molecule has 0 saturated heterocycles. The molecule has 2 atom stereocenters. The number of carbonyl (C=O) groups excluding carboxylic acids is 2. The minimum absolute atomic E-state index is 0.0578. The van der Waals surface area contributed by atoms with Gasteiger partial charge in [-0.2, -0.15) is 0 Å². The monoisotopic (exact) mass is 410 g/mol. The van der Waals surface area contributed by atoms with Gasteiger partial charge in [-0.1, -0.05) is 42.8 Å². The number of hydrogen-bond acceptors (Lipinski definition) is 3. The Hall–Kier alpha value is -2.82. The molecule has 0 aliphatic carbocycles. The van der Waals surface area contributed by atoms with Gasteiger partial charge in [-0.15, -0.1) is 0 Å². The summed E-state index contributed by atoms with van der Waals surface area (Å²) in [6.07, 6.45) is 0.833. The van der Waals surface area contributed by atoms with Gasteiger partial charge in [0.25, 0.3) is 5.91 Å². The summed E-state index contributed by atoms with van der Waals surface area (Å²) in [7, 11) is 0. The fourth-order valence-corrected chi connectivity index (χ4v) is 3.30. The number of amides is 2. The van der Waals surface area contributed by atoms with Crippen LogP contribution in [0.1, 0.15) is 49.4 Å². The number of nitrogens with zero attached hydrogens (tertiary/aromatic N) is 1. The van der Waals surface area contributed by atoms with E-state index in [1.54, 1.807) is 11.8 Å². The van der Waals surface area contributed by atoms with Gasteiger partial charge in [0.2, 0.25) is 5.91 Å². The summed E-state index contributed by atoms with van der Waals surface area (Å²) in [5.74, 6) is 0.285. The molecule has 0 saturated carbocycles. The van der Waals surface area contributed by atoms with E-state index in [-0.39, 0.29) is 24.5 Å². The topological polar surface area (TPSA) is 58.6 Å². The van der Waals surface area contributed by atoms with E-state index in [2.05, 4.69) is 11.4 Å². The number of rotatable bonds is 9. The van der Waals surface area contributed by atoms with E-state index in [1.165, 1.54) is 0 Å². The second kappa shape index (κ2) is 10.8. The van der Waals surface area contributed by atoms with Gasteiger partial charge < -0.3 is 15.0 Å². The third-order valence-electron chi connectivity index (χ3n) is 5.16. The van der Waals surface area contributed by atoms with Gasteiger partial charge >= 0.3 is 0 Å². The van der Waals surface area contributed by atoms with Gasteiger partial charge in [0.1, 0.15) is 11.8 Å². The Bertz CT molecular complexity index is 858. The first-order valence-corrected chi connectivity index (χ1v) is 10.6. The van der Waals surface area contributed by atoms with E-state index < -0.39 is 6.04 Å². The van der Waals surface area contributed by atoms with Crippen molar-refractivity contribution >= 4 is 11.8 Å². The number of ether oxygens (including phenoxy) is 1. The second-order valence-corrected chi connectivity index (χ2v) is 8.12. The molecule has 0 radical (unpaired) electrons. The molecule has 0 spiro atoms. The fraction of sp³-hybridized carbons (Fsp3) is 0.440. The molecule has 0 fully saturated rings. The number of carbonyl (C=O) groups is 2. The van der Waals surface area contributed by atoms with Crippen molar-refractivity contribution in [2.45, 2.75) is 66.6 Å². The molecule has 5 nitrogen and oxygen atoms in total. The zero-order valence-electron chi connectivity index (χ0n) is 19.0. The normalized spacial score (nSPS) is 12.7. The molecule has 2 rings (SSSR count). The summed E-state index contributed by atoms with van der Waals surface area (Å²) >= 11 is 0. The average molecular weight is 411 g/mol. The molecule has 2 aromatic rings. The predicted octanol–water partition coefficient (Wildman–Crippen LogP) is 4.32. The van der Waals surface area contributed by atoms with Crippen molar-refractivity contribution in [3.63, 3.8) is 0 Å². The van der Waals surface area contributed by atoms with E-state index in [9.17, 15) is 9.59 Å². The Morgan fingerprint density at radius 2 is 1.67 bits per heavy atom. The second-order valence-electron chi connectivity index (χ2n) is 8.12. The Balaban J connectivity index is 2.17. The number of aryl methyl sites for hydroxylation is 3. The molecule has 0 aliphatic rings. The van der Waals surface area contributed by atoms with E-state index in [0.717, 1.165) is 28.7 Å². The Morgan fingerprint density at radius 3 is 2.27 bits per heavy atom. The maximum Gasteiger partial charge on any atom is 0.261 e. The first-order valence-electron chi connectivity index (χ1n) is 10.6. The van der Waals surface area contributed by atoms with Crippen molar-refractivity contribution in [3.8, 4) is 5.75 Å². The molecular weight excluding hydrogens is 376 g/mol. The average Bonchev–Trinajstić information content (AvgIpc) is 2.69. The quantitative estimate of drug-likeness (QED) is 0.670. The summed E-state index contributed by atoms with van der Waals surface area (Å²) < 4.78 is 5.78. The zero-order chi connectivity index (χ0) is 22.3. The maximum atomic E-state index is 13.1. The van der Waals surface area contributed by atoms with Crippen LogP contribution in [0.5, 0.6) is 5.75 Å². The number of nitrogens with one attached hydrogen (secondary N) is 1. The molecule has 0 unspecified atom stereocenters. The van der Waals surface area contributed by atoms with Crippen LogP contribution >= 0.6 is 0 Å². The predicted molar refractivity (Wildman–Crippen MR) is 120 cm³/mol. The van der Waals surface area contributed by atoms with Crippen molar-refractivity contribution in [3.05, 3.63) is 64.7 Å². The molecule has 30 heavy (non-hydrogen) atoms. The highest BCUT2D eigenvalue weighted by atomic mass is 16.5. The van der Waals surface area contributed by atoms with Crippen molar-refractivity contribution < 1.29 is 14.3 Å². The summed E-state index contributed by atoms with van der Waals surface area (Å²) in [4.78, 5) is 27.4. The van der Waals surface area contributed by atoms with Crippen molar-refractivity contribution in [1.82, 2.24) is 10.2 Å². The van der Waals surface area contributed by atoms with Gasteiger partial charge in [0.15, 0.2) is 6.61 Å². The Morgan fingerprint density at radius 1 is 1.00 bits per heavy atom. The minimum Gasteiger partial charge on any atom is -0.484 e. The van der Waals surface area contributed by atoms with Crippen molar-refractivity contribution in [1.29, 1.82) is 0 Å². The highest BCUT2D eigenvalue weighted by Gasteiger charge is 2.27. The SMILES string of the molecule is CC[C@@H](C)NC(=O)[C@H](C)N(Cc1cccc(C)c1)C(=O)COc1cc(C)cc(C)c1. The van der Waals surface area contributed by atoms with Crippen LogP contribution < -0.4 is 10.1 Å². The van der Waals surface area contributed by atoms with Crippen LogP contribution in [0, 0.1) is 20.8 Å². The van der Waals surface area contributed by atoms with Gasteiger partial charge in [-0.25, -0.2) is 0 Å². The fourth-order valence-electron chi connectivity index (χ4n) is 3.30. The first-order chi connectivity index (χ1) is 14.2. The molecule has 0 heterocycles. The maximum absolute atomic E-state index is 13.1. The van der Waals surface area contributed by atoms with Crippen LogP contribution in [0.4, 0.5) is 0 Å². The summed E-state index contributed by atoms with van der Waals surface area (Å²) in [5, 5.41) is 2.98. The summed E-state index contributed by atoms with van der Waals surface area (Å²) in [6, 6.07) is 13.3. The van der Waals surface area contributed by atoms with Crippen molar-refractivity contribution in [2.75, 3.05) is 6.61 Å². The summed E-state index contributed by atoms with van der Waals surface area (Å²) in [5.41, 5.74) is 4.26. The molecular formula is C25H34N2O3. The lowest BCUT2D eigenvalue weighted by molar-refractivity contribution is -0.142. The van der Waals surface area contributed by atoms with Crippen LogP contribution in [-0.4, -0.2) is 35.4 Å². The molecule has 1 N–H and O–H groups in total. The van der Waals surface area contributed by atoms with E-state index in [4.69, 9.17) is 4.74 Å². The van der Waals surface area contributed by atoms with Crippen LogP contribution in [-0.2, 0) is 16.1 Å². The molecule has 0 bridgehead atoms. The largest absolute Gasteiger partial charge is 0.484 e. The molecule has 162 valence electrons. The third-order valence-corrected chi connectivity index (χ3v) is 5.16.